The van der Waals surface area contributed by atoms with Crippen molar-refractivity contribution in [1.29, 1.82) is 0 Å². The molecule has 0 spiro atoms. The third-order valence-corrected chi connectivity index (χ3v) is 5.65. The number of hydrogen-bond acceptors (Lipinski definition) is 5. The van der Waals surface area contributed by atoms with E-state index < -0.39 is 10.2 Å². The molecule has 0 unspecified atom stereocenters. The quantitative estimate of drug-likeness (QED) is 0.622. The van der Waals surface area contributed by atoms with Gasteiger partial charge in [0.05, 0.1) is 13.2 Å². The summed E-state index contributed by atoms with van der Waals surface area (Å²) in [6.45, 7) is 3.17. The van der Waals surface area contributed by atoms with Gasteiger partial charge in [0.15, 0.2) is 0 Å². The summed E-state index contributed by atoms with van der Waals surface area (Å²) in [6.07, 6.45) is 1.69. The van der Waals surface area contributed by atoms with Crippen LogP contribution in [0.2, 0.25) is 0 Å². The minimum Gasteiger partial charge on any atom is -0.383 e. The maximum Gasteiger partial charge on any atom is 0.282 e. The lowest BCUT2D eigenvalue weighted by atomic mass is 10.1. The van der Waals surface area contributed by atoms with Crippen LogP contribution >= 0.6 is 0 Å². The van der Waals surface area contributed by atoms with Crippen LogP contribution in [0.5, 0.6) is 0 Å². The molecular formula is C12H27N3O4S. The fraction of sp³-hybridized carbons (Fsp3) is 1.00. The molecule has 8 heteroatoms. The Morgan fingerprint density at radius 1 is 1.10 bits per heavy atom. The predicted molar refractivity (Wildman–Crippen MR) is 77.9 cm³/mol. The van der Waals surface area contributed by atoms with Crippen molar-refractivity contribution in [3.05, 3.63) is 0 Å². The van der Waals surface area contributed by atoms with Crippen LogP contribution in [-0.2, 0) is 19.7 Å². The second-order valence-electron chi connectivity index (χ2n) is 4.89. The van der Waals surface area contributed by atoms with Gasteiger partial charge in [-0.05, 0) is 25.9 Å². The van der Waals surface area contributed by atoms with Gasteiger partial charge in [-0.3, -0.25) is 0 Å². The Labute approximate surface area is 122 Å². The van der Waals surface area contributed by atoms with Gasteiger partial charge in [0.2, 0.25) is 0 Å². The summed E-state index contributed by atoms with van der Waals surface area (Å²) >= 11 is 0. The van der Waals surface area contributed by atoms with E-state index in [1.165, 1.54) is 8.61 Å². The third kappa shape index (κ3) is 4.94. The van der Waals surface area contributed by atoms with Gasteiger partial charge in [0.25, 0.3) is 10.2 Å². The number of piperidine rings is 1. The lowest BCUT2D eigenvalue weighted by Gasteiger charge is -2.34. The minimum atomic E-state index is -3.47. The number of nitrogens with one attached hydrogen (secondary N) is 1. The van der Waals surface area contributed by atoms with E-state index in [-0.39, 0.29) is 6.04 Å². The highest BCUT2D eigenvalue weighted by molar-refractivity contribution is 7.86. The Hall–Kier alpha value is -0.250. The molecule has 1 saturated heterocycles. The van der Waals surface area contributed by atoms with Crippen molar-refractivity contribution >= 4 is 10.2 Å². The molecule has 120 valence electrons. The molecule has 0 aromatic rings. The van der Waals surface area contributed by atoms with Crippen LogP contribution in [0.15, 0.2) is 0 Å². The molecule has 0 bridgehead atoms. The summed E-state index contributed by atoms with van der Waals surface area (Å²) in [5, 5.41) is 3.24. The first kappa shape index (κ1) is 17.8. The van der Waals surface area contributed by atoms with Gasteiger partial charge in [0, 0.05) is 40.4 Å². The first-order valence-electron chi connectivity index (χ1n) is 6.95. The Morgan fingerprint density at radius 2 is 1.60 bits per heavy atom. The summed E-state index contributed by atoms with van der Waals surface area (Å²) in [4.78, 5) is 0. The van der Waals surface area contributed by atoms with Crippen molar-refractivity contribution in [1.82, 2.24) is 13.9 Å². The van der Waals surface area contributed by atoms with Crippen molar-refractivity contribution in [2.75, 3.05) is 60.7 Å². The zero-order valence-electron chi connectivity index (χ0n) is 12.7. The summed E-state index contributed by atoms with van der Waals surface area (Å²) < 4.78 is 38.3. The minimum absolute atomic E-state index is 0.0637. The Kier molecular flexibility index (Phi) is 7.93. The van der Waals surface area contributed by atoms with E-state index in [9.17, 15) is 8.42 Å². The molecule has 0 aromatic heterocycles. The topological polar surface area (TPSA) is 71.1 Å². The molecule has 1 aliphatic heterocycles. The number of nitrogens with zero attached hydrogens (tertiary/aromatic N) is 2. The van der Waals surface area contributed by atoms with E-state index in [0.717, 1.165) is 25.9 Å². The van der Waals surface area contributed by atoms with Crippen LogP contribution in [0.25, 0.3) is 0 Å². The molecule has 0 amide bonds. The van der Waals surface area contributed by atoms with Crippen LogP contribution in [0, 0.1) is 0 Å². The van der Waals surface area contributed by atoms with Gasteiger partial charge in [-0.2, -0.15) is 17.0 Å². The molecule has 1 aliphatic rings. The first-order chi connectivity index (χ1) is 9.54. The van der Waals surface area contributed by atoms with Crippen molar-refractivity contribution < 1.29 is 17.9 Å². The normalized spacial score (nSPS) is 18.1. The highest BCUT2D eigenvalue weighted by Crippen LogP contribution is 2.16. The fourth-order valence-corrected chi connectivity index (χ4v) is 3.83. The van der Waals surface area contributed by atoms with Gasteiger partial charge in [-0.15, -0.1) is 0 Å². The Balaban J connectivity index is 2.72. The Bertz CT molecular complexity index is 350. The summed E-state index contributed by atoms with van der Waals surface area (Å²) in [5.41, 5.74) is 0. The summed E-state index contributed by atoms with van der Waals surface area (Å²) in [7, 11) is 1.33. The largest absolute Gasteiger partial charge is 0.383 e. The monoisotopic (exact) mass is 309 g/mol. The number of rotatable bonds is 9. The van der Waals surface area contributed by atoms with Crippen LogP contribution in [-0.4, -0.2) is 83.7 Å². The average molecular weight is 309 g/mol. The first-order valence-corrected chi connectivity index (χ1v) is 8.35. The molecule has 1 rings (SSSR count). The van der Waals surface area contributed by atoms with Crippen LogP contribution < -0.4 is 5.32 Å². The number of ether oxygens (including phenoxy) is 2. The second-order valence-corrected chi connectivity index (χ2v) is 6.88. The van der Waals surface area contributed by atoms with E-state index in [1.54, 1.807) is 21.3 Å². The molecule has 0 saturated carbocycles. The van der Waals surface area contributed by atoms with E-state index in [4.69, 9.17) is 9.47 Å². The molecule has 7 nitrogen and oxygen atoms in total. The Morgan fingerprint density at radius 3 is 2.05 bits per heavy atom. The highest BCUT2D eigenvalue weighted by Gasteiger charge is 2.32. The van der Waals surface area contributed by atoms with Crippen LogP contribution in [0.1, 0.15) is 12.8 Å². The zero-order valence-corrected chi connectivity index (χ0v) is 13.5. The molecule has 0 aliphatic carbocycles. The fourth-order valence-electron chi connectivity index (χ4n) is 2.27. The van der Waals surface area contributed by atoms with Crippen molar-refractivity contribution in [2.24, 2.45) is 0 Å². The van der Waals surface area contributed by atoms with Crippen LogP contribution in [0.3, 0.4) is 0 Å². The molecule has 0 atom stereocenters. The third-order valence-electron chi connectivity index (χ3n) is 3.60. The standard InChI is InChI=1S/C12H27N3O4S/c1-14(12-4-6-13-7-5-12)20(16,17)15(8-10-18-2)9-11-19-3/h12-13H,4-11H2,1-3H3. The lowest BCUT2D eigenvalue weighted by Crippen LogP contribution is -2.51. The van der Waals surface area contributed by atoms with Gasteiger partial charge >= 0.3 is 0 Å². The molecule has 0 aromatic carbocycles. The molecule has 1 fully saturated rings. The SMILES string of the molecule is COCCN(CCOC)S(=O)(=O)N(C)C1CCNCC1. The van der Waals surface area contributed by atoms with Crippen LogP contribution in [0.4, 0.5) is 0 Å². The maximum atomic E-state index is 12.7. The van der Waals surface area contributed by atoms with Gasteiger partial charge < -0.3 is 14.8 Å². The smallest absolute Gasteiger partial charge is 0.282 e. The van der Waals surface area contributed by atoms with E-state index >= 15 is 0 Å². The lowest BCUT2D eigenvalue weighted by molar-refractivity contribution is 0.145. The zero-order chi connectivity index (χ0) is 15.0. The molecule has 0 radical (unpaired) electrons. The average Bonchev–Trinajstić information content (AvgIpc) is 2.47. The number of methoxy groups -OCH3 is 2. The van der Waals surface area contributed by atoms with Crippen molar-refractivity contribution in [2.45, 2.75) is 18.9 Å². The highest BCUT2D eigenvalue weighted by atomic mass is 32.2. The van der Waals surface area contributed by atoms with E-state index in [0.29, 0.717) is 26.3 Å². The maximum absolute atomic E-state index is 12.7. The van der Waals surface area contributed by atoms with E-state index in [1.807, 2.05) is 0 Å². The van der Waals surface area contributed by atoms with Gasteiger partial charge in [-0.25, -0.2) is 0 Å². The summed E-state index contributed by atoms with van der Waals surface area (Å²) in [5.74, 6) is 0. The predicted octanol–water partition coefficient (Wildman–Crippen LogP) is -0.490. The molecular weight excluding hydrogens is 282 g/mol. The number of hydrogen-bond donors (Lipinski definition) is 1. The van der Waals surface area contributed by atoms with Crippen molar-refractivity contribution in [3.8, 4) is 0 Å². The molecule has 1 N–H and O–H groups in total. The summed E-state index contributed by atoms with van der Waals surface area (Å²) in [6, 6.07) is 0.0637. The second kappa shape index (κ2) is 8.91. The molecule has 20 heavy (non-hydrogen) atoms. The van der Waals surface area contributed by atoms with Crippen molar-refractivity contribution in [3.63, 3.8) is 0 Å². The van der Waals surface area contributed by atoms with Gasteiger partial charge in [0.1, 0.15) is 0 Å². The van der Waals surface area contributed by atoms with E-state index in [2.05, 4.69) is 5.32 Å². The molecule has 1 heterocycles. The van der Waals surface area contributed by atoms with Gasteiger partial charge in [-0.1, -0.05) is 0 Å².